The van der Waals surface area contributed by atoms with Gasteiger partial charge in [-0.25, -0.2) is 15.0 Å². The molecule has 0 radical (unpaired) electrons. The molecule has 0 saturated carbocycles. The van der Waals surface area contributed by atoms with Crippen molar-refractivity contribution in [2.75, 3.05) is 0 Å². The van der Waals surface area contributed by atoms with E-state index >= 15 is 0 Å². The van der Waals surface area contributed by atoms with Crippen molar-refractivity contribution in [2.45, 2.75) is 19.3 Å². The number of aromatic nitrogens is 4. The molecule has 0 spiro atoms. The van der Waals surface area contributed by atoms with Gasteiger partial charge in [0, 0.05) is 45.3 Å². The van der Waals surface area contributed by atoms with Crippen LogP contribution in [-0.4, -0.2) is 19.9 Å². The number of para-hydroxylation sites is 1. The van der Waals surface area contributed by atoms with E-state index < -0.39 is 0 Å². The molecule has 226 valence electrons. The molecule has 6 aromatic carbocycles. The number of hydrogen-bond acceptors (Lipinski definition) is 5. The number of fused-ring (bicyclic) bond motifs is 9. The van der Waals surface area contributed by atoms with Gasteiger partial charge in [0.1, 0.15) is 11.2 Å². The second-order valence-corrected chi connectivity index (χ2v) is 13.1. The highest BCUT2D eigenvalue weighted by Gasteiger charge is 2.35. The van der Waals surface area contributed by atoms with Gasteiger partial charge in [-0.3, -0.25) is 4.98 Å². The first kappa shape index (κ1) is 27.0. The lowest BCUT2D eigenvalue weighted by molar-refractivity contribution is 0.661. The minimum Gasteiger partial charge on any atom is -0.456 e. The second kappa shape index (κ2) is 9.90. The van der Waals surface area contributed by atoms with Gasteiger partial charge < -0.3 is 4.42 Å². The number of hydrogen-bond donors (Lipinski definition) is 0. The zero-order valence-corrected chi connectivity index (χ0v) is 26.4. The maximum atomic E-state index is 6.21. The van der Waals surface area contributed by atoms with Crippen molar-refractivity contribution < 1.29 is 4.42 Å². The van der Waals surface area contributed by atoms with E-state index in [0.717, 1.165) is 44.0 Å². The topological polar surface area (TPSA) is 64.7 Å². The third-order valence-electron chi connectivity index (χ3n) is 9.99. The summed E-state index contributed by atoms with van der Waals surface area (Å²) in [5, 5.41) is 7.00. The van der Waals surface area contributed by atoms with E-state index in [9.17, 15) is 0 Å². The number of nitrogens with zero attached hydrogens (tertiary/aromatic N) is 4. The highest BCUT2D eigenvalue weighted by atomic mass is 16.3. The van der Waals surface area contributed by atoms with Crippen LogP contribution in [0.5, 0.6) is 0 Å². The first-order valence-corrected chi connectivity index (χ1v) is 16.2. The summed E-state index contributed by atoms with van der Waals surface area (Å²) in [4.78, 5) is 19.3. The van der Waals surface area contributed by atoms with E-state index in [1.165, 1.54) is 38.4 Å². The molecule has 0 amide bonds. The van der Waals surface area contributed by atoms with Crippen LogP contribution in [0.1, 0.15) is 25.0 Å². The third kappa shape index (κ3) is 3.97. The summed E-state index contributed by atoms with van der Waals surface area (Å²) in [5.41, 5.74) is 9.65. The quantitative estimate of drug-likeness (QED) is 0.185. The Kier molecular flexibility index (Phi) is 5.56. The van der Waals surface area contributed by atoms with Crippen molar-refractivity contribution in [3.8, 4) is 45.3 Å². The van der Waals surface area contributed by atoms with Gasteiger partial charge in [0.2, 0.25) is 0 Å². The van der Waals surface area contributed by atoms with E-state index in [1.54, 1.807) is 12.4 Å². The molecular weight excluding hydrogens is 589 g/mol. The van der Waals surface area contributed by atoms with Gasteiger partial charge in [-0.05, 0) is 92.3 Å². The molecule has 0 atom stereocenters. The minimum atomic E-state index is -0.0580. The number of benzene rings is 6. The van der Waals surface area contributed by atoms with Crippen molar-refractivity contribution in [3.63, 3.8) is 0 Å². The summed E-state index contributed by atoms with van der Waals surface area (Å²) in [6.45, 7) is 4.66. The van der Waals surface area contributed by atoms with Crippen LogP contribution in [0.25, 0.3) is 88.8 Å². The Morgan fingerprint density at radius 2 is 1.17 bits per heavy atom. The molecule has 48 heavy (non-hydrogen) atoms. The monoisotopic (exact) mass is 616 g/mol. The van der Waals surface area contributed by atoms with Crippen LogP contribution in [0, 0.1) is 0 Å². The second-order valence-electron chi connectivity index (χ2n) is 13.1. The van der Waals surface area contributed by atoms with E-state index in [0.29, 0.717) is 17.5 Å². The predicted octanol–water partition coefficient (Wildman–Crippen LogP) is 10.8. The summed E-state index contributed by atoms with van der Waals surface area (Å²) in [6, 6.07) is 42.7. The van der Waals surface area contributed by atoms with Crippen molar-refractivity contribution in [1.82, 2.24) is 19.9 Å². The van der Waals surface area contributed by atoms with Crippen molar-refractivity contribution in [1.29, 1.82) is 0 Å². The Morgan fingerprint density at radius 3 is 1.98 bits per heavy atom. The van der Waals surface area contributed by atoms with Crippen LogP contribution in [-0.2, 0) is 5.41 Å². The normalized spacial score (nSPS) is 13.4. The van der Waals surface area contributed by atoms with E-state index in [2.05, 4.69) is 104 Å². The molecule has 0 unspecified atom stereocenters. The first-order valence-electron chi connectivity index (χ1n) is 16.2. The molecular formula is C43H28N4O. The lowest BCUT2D eigenvalue weighted by Gasteiger charge is -2.22. The zero-order chi connectivity index (χ0) is 32.0. The fourth-order valence-corrected chi connectivity index (χ4v) is 7.52. The van der Waals surface area contributed by atoms with Crippen molar-refractivity contribution >= 4 is 43.5 Å². The maximum Gasteiger partial charge on any atom is 0.165 e. The molecule has 0 saturated heterocycles. The van der Waals surface area contributed by atoms with Gasteiger partial charge in [-0.15, -0.1) is 0 Å². The molecule has 5 heteroatoms. The Hall–Kier alpha value is -6.20. The van der Waals surface area contributed by atoms with Crippen molar-refractivity contribution in [3.05, 3.63) is 145 Å². The van der Waals surface area contributed by atoms with Gasteiger partial charge in [0.15, 0.2) is 17.5 Å². The number of rotatable bonds is 3. The van der Waals surface area contributed by atoms with Crippen LogP contribution >= 0.6 is 0 Å². The molecule has 3 aromatic heterocycles. The minimum absolute atomic E-state index is 0.0580. The van der Waals surface area contributed by atoms with Crippen LogP contribution in [0.15, 0.2) is 138 Å². The SMILES string of the molecule is CC1(C)c2ccccc2-c2cc3ccc4cc(-c5nc(-c6cccnc6)nc(-c6ccc7c(c6)oc6ccccc67)n5)ccc4c3cc21. The molecule has 1 aliphatic carbocycles. The Labute approximate surface area is 276 Å². The molecule has 0 bridgehead atoms. The average Bonchev–Trinajstić information content (AvgIpc) is 3.62. The highest BCUT2D eigenvalue weighted by Crippen LogP contribution is 2.50. The van der Waals surface area contributed by atoms with Crippen molar-refractivity contribution in [2.24, 2.45) is 0 Å². The van der Waals surface area contributed by atoms with Gasteiger partial charge >= 0.3 is 0 Å². The van der Waals surface area contributed by atoms with E-state index in [-0.39, 0.29) is 5.41 Å². The summed E-state index contributed by atoms with van der Waals surface area (Å²) in [5.74, 6) is 1.76. The summed E-state index contributed by atoms with van der Waals surface area (Å²) >= 11 is 0. The van der Waals surface area contributed by atoms with Crippen LogP contribution in [0.4, 0.5) is 0 Å². The fourth-order valence-electron chi connectivity index (χ4n) is 7.52. The Morgan fingerprint density at radius 1 is 0.479 bits per heavy atom. The molecule has 0 N–H and O–H groups in total. The summed E-state index contributed by atoms with van der Waals surface area (Å²) in [7, 11) is 0. The van der Waals surface area contributed by atoms with Gasteiger partial charge in [-0.2, -0.15) is 0 Å². The summed E-state index contributed by atoms with van der Waals surface area (Å²) in [6.07, 6.45) is 3.54. The largest absolute Gasteiger partial charge is 0.456 e. The smallest absolute Gasteiger partial charge is 0.165 e. The summed E-state index contributed by atoms with van der Waals surface area (Å²) < 4.78 is 6.21. The predicted molar refractivity (Wildman–Crippen MR) is 194 cm³/mol. The standard InChI is InChI=1S/C43H28N4O/c1-43(2)36-11-5-3-9-31(36)35-21-26-14-13-25-20-27(15-17-30(25)34(26)23-37(35)43)40-45-41(47-42(46-40)29-8-7-19-44-24-29)28-16-18-33-32-10-4-6-12-38(32)48-39(33)22-28/h3-24H,1-2H3. The lowest BCUT2D eigenvalue weighted by Crippen LogP contribution is -2.14. The zero-order valence-electron chi connectivity index (χ0n) is 26.4. The molecule has 0 aliphatic heterocycles. The van der Waals surface area contributed by atoms with Gasteiger partial charge in [0.05, 0.1) is 0 Å². The highest BCUT2D eigenvalue weighted by molar-refractivity contribution is 6.10. The number of pyridine rings is 1. The van der Waals surface area contributed by atoms with Gasteiger partial charge in [0.25, 0.3) is 0 Å². The first-order chi connectivity index (χ1) is 23.5. The fraction of sp³-hybridized carbons (Fsp3) is 0.0698. The van der Waals surface area contributed by atoms with E-state index in [4.69, 9.17) is 19.4 Å². The Bertz CT molecular complexity index is 2760. The number of furan rings is 1. The molecule has 3 heterocycles. The maximum absolute atomic E-state index is 6.21. The molecule has 10 rings (SSSR count). The Balaban J connectivity index is 1.13. The molecule has 0 fully saturated rings. The lowest BCUT2D eigenvalue weighted by atomic mass is 9.81. The van der Waals surface area contributed by atoms with E-state index in [1.807, 2.05) is 36.4 Å². The average molecular weight is 617 g/mol. The van der Waals surface area contributed by atoms with Crippen LogP contribution in [0.2, 0.25) is 0 Å². The molecule has 9 aromatic rings. The van der Waals surface area contributed by atoms with Gasteiger partial charge in [-0.1, -0.05) is 86.6 Å². The third-order valence-corrected chi connectivity index (χ3v) is 9.99. The molecule has 5 nitrogen and oxygen atoms in total. The molecule has 1 aliphatic rings. The van der Waals surface area contributed by atoms with Crippen LogP contribution < -0.4 is 0 Å². The van der Waals surface area contributed by atoms with Crippen LogP contribution in [0.3, 0.4) is 0 Å².